The second-order valence-electron chi connectivity index (χ2n) is 6.00. The van der Waals surface area contributed by atoms with Gasteiger partial charge in [0.1, 0.15) is 11.6 Å². The van der Waals surface area contributed by atoms with Crippen molar-refractivity contribution in [2.24, 2.45) is 0 Å². The highest BCUT2D eigenvalue weighted by Gasteiger charge is 2.17. The van der Waals surface area contributed by atoms with Gasteiger partial charge in [-0.15, -0.1) is 11.8 Å². The zero-order valence-electron chi connectivity index (χ0n) is 15.1. The van der Waals surface area contributed by atoms with E-state index in [1.165, 1.54) is 0 Å². The van der Waals surface area contributed by atoms with Gasteiger partial charge in [0, 0.05) is 30.2 Å². The molecule has 2 amide bonds. The molecule has 1 aromatic heterocycles. The summed E-state index contributed by atoms with van der Waals surface area (Å²) < 4.78 is 5.13. The van der Waals surface area contributed by atoms with Crippen LogP contribution in [0.5, 0.6) is 5.75 Å². The first kappa shape index (κ1) is 19.0. The van der Waals surface area contributed by atoms with E-state index in [1.807, 2.05) is 41.3 Å². The Balaban J connectivity index is 1.44. The molecule has 7 nitrogen and oxygen atoms in total. The highest BCUT2D eigenvalue weighted by molar-refractivity contribution is 7.99. The predicted octanol–water partition coefficient (Wildman–Crippen LogP) is 2.15. The molecular formula is C19H22N4O3S. The van der Waals surface area contributed by atoms with Gasteiger partial charge in [0.05, 0.1) is 25.5 Å². The minimum atomic E-state index is -0.0529. The topological polar surface area (TPSA) is 83.6 Å². The van der Waals surface area contributed by atoms with Gasteiger partial charge >= 0.3 is 0 Å². The van der Waals surface area contributed by atoms with Gasteiger partial charge in [0.15, 0.2) is 0 Å². The minimum absolute atomic E-state index is 0.00482. The van der Waals surface area contributed by atoms with E-state index < -0.39 is 0 Å². The first-order valence-electron chi connectivity index (χ1n) is 8.68. The largest absolute Gasteiger partial charge is 0.497 e. The quantitative estimate of drug-likeness (QED) is 0.710. The van der Waals surface area contributed by atoms with Crippen LogP contribution >= 0.6 is 11.8 Å². The van der Waals surface area contributed by atoms with Crippen molar-refractivity contribution in [1.29, 1.82) is 0 Å². The summed E-state index contributed by atoms with van der Waals surface area (Å²) in [7, 11) is 1.64. The molecule has 0 radical (unpaired) electrons. The molecule has 2 aromatic rings. The summed E-state index contributed by atoms with van der Waals surface area (Å²) in [5.41, 5.74) is 0.652. The molecule has 1 aliphatic rings. The number of hydrogen-bond donors (Lipinski definition) is 2. The summed E-state index contributed by atoms with van der Waals surface area (Å²) >= 11 is 1.62. The summed E-state index contributed by atoms with van der Waals surface area (Å²) in [6.07, 6.45) is 2.03. The Kier molecular flexibility index (Phi) is 6.54. The fourth-order valence-electron chi connectivity index (χ4n) is 2.64. The number of thioether (sulfide) groups is 1. The molecular weight excluding hydrogens is 364 g/mol. The number of piperazine rings is 1. The molecule has 2 N–H and O–H groups in total. The van der Waals surface area contributed by atoms with Crippen LogP contribution in [0, 0.1) is 0 Å². The van der Waals surface area contributed by atoms with E-state index in [2.05, 4.69) is 15.6 Å². The number of amides is 2. The SMILES string of the molecule is COc1ccc(SCCC(=O)Nc2ccc(N3CCNC(=O)C3)nc2)cc1. The fourth-order valence-corrected chi connectivity index (χ4v) is 3.49. The van der Waals surface area contributed by atoms with Crippen LogP contribution in [0.25, 0.3) is 0 Å². The molecule has 0 bridgehead atoms. The molecule has 8 heteroatoms. The maximum atomic E-state index is 12.1. The third kappa shape index (κ3) is 5.62. The Morgan fingerprint density at radius 1 is 1.30 bits per heavy atom. The van der Waals surface area contributed by atoms with Crippen molar-refractivity contribution in [2.75, 3.05) is 42.7 Å². The van der Waals surface area contributed by atoms with Gasteiger partial charge in [0.25, 0.3) is 0 Å². The second kappa shape index (κ2) is 9.27. The van der Waals surface area contributed by atoms with Crippen molar-refractivity contribution >= 4 is 35.1 Å². The summed E-state index contributed by atoms with van der Waals surface area (Å²) in [6.45, 7) is 1.65. The number of hydrogen-bond acceptors (Lipinski definition) is 6. The number of carbonyl (C=O) groups excluding carboxylic acids is 2. The number of carbonyl (C=O) groups is 2. The minimum Gasteiger partial charge on any atom is -0.497 e. The Morgan fingerprint density at radius 2 is 2.11 bits per heavy atom. The Labute approximate surface area is 162 Å². The number of nitrogens with one attached hydrogen (secondary N) is 2. The van der Waals surface area contributed by atoms with Crippen molar-refractivity contribution in [3.63, 3.8) is 0 Å². The fraction of sp³-hybridized carbons (Fsp3) is 0.316. The van der Waals surface area contributed by atoms with Crippen molar-refractivity contribution in [3.05, 3.63) is 42.6 Å². The number of benzene rings is 1. The van der Waals surface area contributed by atoms with Crippen LogP contribution in [0.15, 0.2) is 47.5 Å². The number of rotatable bonds is 7. The van der Waals surface area contributed by atoms with Crippen molar-refractivity contribution < 1.29 is 14.3 Å². The molecule has 0 atom stereocenters. The number of methoxy groups -OCH3 is 1. The van der Waals surface area contributed by atoms with Crippen LogP contribution in [0.4, 0.5) is 11.5 Å². The second-order valence-corrected chi connectivity index (χ2v) is 7.17. The summed E-state index contributed by atoms with van der Waals surface area (Å²) in [5.74, 6) is 2.18. The van der Waals surface area contributed by atoms with Crippen molar-refractivity contribution in [1.82, 2.24) is 10.3 Å². The van der Waals surface area contributed by atoms with E-state index in [-0.39, 0.29) is 11.8 Å². The molecule has 0 saturated carbocycles. The van der Waals surface area contributed by atoms with Gasteiger partial charge in [-0.3, -0.25) is 9.59 Å². The first-order chi connectivity index (χ1) is 13.1. The van der Waals surface area contributed by atoms with Crippen LogP contribution in [0.2, 0.25) is 0 Å². The van der Waals surface area contributed by atoms with Gasteiger partial charge in [-0.05, 0) is 36.4 Å². The molecule has 0 aliphatic carbocycles. The smallest absolute Gasteiger partial charge is 0.239 e. The molecule has 0 unspecified atom stereocenters. The molecule has 142 valence electrons. The van der Waals surface area contributed by atoms with E-state index in [4.69, 9.17) is 4.74 Å². The van der Waals surface area contributed by atoms with E-state index in [9.17, 15) is 9.59 Å². The lowest BCUT2D eigenvalue weighted by atomic mass is 10.3. The normalized spacial score (nSPS) is 13.8. The number of aromatic nitrogens is 1. The molecule has 1 saturated heterocycles. The highest BCUT2D eigenvalue weighted by atomic mass is 32.2. The molecule has 3 rings (SSSR count). The number of anilines is 2. The molecule has 0 spiro atoms. The van der Waals surface area contributed by atoms with Crippen LogP contribution in [-0.4, -0.2) is 49.3 Å². The molecule has 2 heterocycles. The van der Waals surface area contributed by atoms with E-state index in [0.717, 1.165) is 23.0 Å². The molecule has 1 fully saturated rings. The number of ether oxygens (including phenoxy) is 1. The van der Waals surface area contributed by atoms with Crippen LogP contribution in [-0.2, 0) is 9.59 Å². The summed E-state index contributed by atoms with van der Waals surface area (Å²) in [4.78, 5) is 30.9. The average molecular weight is 386 g/mol. The van der Waals surface area contributed by atoms with Gasteiger partial charge in [0.2, 0.25) is 11.8 Å². The van der Waals surface area contributed by atoms with Crippen LogP contribution < -0.4 is 20.3 Å². The molecule has 1 aliphatic heterocycles. The van der Waals surface area contributed by atoms with Crippen molar-refractivity contribution in [2.45, 2.75) is 11.3 Å². The third-order valence-corrected chi connectivity index (χ3v) is 5.07. The van der Waals surface area contributed by atoms with Crippen molar-refractivity contribution in [3.8, 4) is 5.75 Å². The predicted molar refractivity (Wildman–Crippen MR) is 106 cm³/mol. The van der Waals surface area contributed by atoms with E-state index >= 15 is 0 Å². The van der Waals surface area contributed by atoms with Gasteiger partial charge in [-0.25, -0.2) is 4.98 Å². The molecule has 27 heavy (non-hydrogen) atoms. The first-order valence-corrected chi connectivity index (χ1v) is 9.67. The monoisotopic (exact) mass is 386 g/mol. The van der Waals surface area contributed by atoms with Crippen LogP contribution in [0.1, 0.15) is 6.42 Å². The van der Waals surface area contributed by atoms with Gasteiger partial charge in [-0.2, -0.15) is 0 Å². The lowest BCUT2D eigenvalue weighted by Gasteiger charge is -2.27. The van der Waals surface area contributed by atoms with Gasteiger partial charge in [-0.1, -0.05) is 0 Å². The van der Waals surface area contributed by atoms with Gasteiger partial charge < -0.3 is 20.3 Å². The zero-order valence-corrected chi connectivity index (χ0v) is 15.9. The lowest BCUT2D eigenvalue weighted by Crippen LogP contribution is -2.48. The maximum Gasteiger partial charge on any atom is 0.239 e. The zero-order chi connectivity index (χ0) is 19.1. The maximum absolute atomic E-state index is 12.1. The summed E-state index contributed by atoms with van der Waals surface area (Å²) in [6, 6.07) is 11.4. The Hall–Kier alpha value is -2.74. The lowest BCUT2D eigenvalue weighted by molar-refractivity contribution is -0.120. The summed E-state index contributed by atoms with van der Waals surface area (Å²) in [5, 5.41) is 5.64. The molecule has 1 aromatic carbocycles. The Morgan fingerprint density at radius 3 is 2.78 bits per heavy atom. The highest BCUT2D eigenvalue weighted by Crippen LogP contribution is 2.22. The van der Waals surface area contributed by atoms with E-state index in [1.54, 1.807) is 25.1 Å². The Bertz CT molecular complexity index is 781. The number of nitrogens with zero attached hydrogens (tertiary/aromatic N) is 2. The standard InChI is InChI=1S/C19H22N4O3S/c1-26-15-3-5-16(6-4-15)27-11-8-18(24)22-14-2-7-17(21-12-14)23-10-9-20-19(25)13-23/h2-7,12H,8-11,13H2,1H3,(H,20,25)(H,22,24). The van der Waals surface area contributed by atoms with E-state index in [0.29, 0.717) is 31.0 Å². The average Bonchev–Trinajstić information content (AvgIpc) is 2.69. The number of pyridine rings is 1. The van der Waals surface area contributed by atoms with Crippen LogP contribution in [0.3, 0.4) is 0 Å². The third-order valence-electron chi connectivity index (χ3n) is 4.05.